The highest BCUT2D eigenvalue weighted by atomic mass is 32.1. The fraction of sp³-hybridized carbons (Fsp3) is 0.250. The number of nitrogens with one attached hydrogen (secondary N) is 2. The Labute approximate surface area is 279 Å². The summed E-state index contributed by atoms with van der Waals surface area (Å²) in [6.07, 6.45) is 7.15. The van der Waals surface area contributed by atoms with Crippen molar-refractivity contribution >= 4 is 34.2 Å². The van der Waals surface area contributed by atoms with Gasteiger partial charge in [-0.3, -0.25) is 14.4 Å². The van der Waals surface area contributed by atoms with Gasteiger partial charge in [0.25, 0.3) is 0 Å². The van der Waals surface area contributed by atoms with Crippen LogP contribution in [0.1, 0.15) is 46.5 Å². The van der Waals surface area contributed by atoms with Gasteiger partial charge in [-0.05, 0) is 53.7 Å². The monoisotopic (exact) mass is 651 g/mol. The fourth-order valence-corrected chi connectivity index (χ4v) is 5.57. The second-order valence-corrected chi connectivity index (χ2v) is 12.3. The highest BCUT2D eigenvalue weighted by molar-refractivity contribution is 7.15. The molecule has 1 aromatic heterocycles. The molecule has 10 nitrogen and oxygen atoms in total. The molecule has 0 atom stereocenters. The van der Waals surface area contributed by atoms with Crippen LogP contribution in [0.3, 0.4) is 0 Å². The van der Waals surface area contributed by atoms with E-state index in [4.69, 9.17) is 11.5 Å². The lowest BCUT2D eigenvalue weighted by molar-refractivity contribution is -0.129. The molecular weight excluding hydrogens is 611 g/mol. The summed E-state index contributed by atoms with van der Waals surface area (Å²) in [7, 11) is 1.79. The van der Waals surface area contributed by atoms with Crippen molar-refractivity contribution in [2.75, 3.05) is 12.4 Å². The lowest BCUT2D eigenvalue weighted by Crippen LogP contribution is -2.28. The fourth-order valence-electron chi connectivity index (χ4n) is 4.77. The molecule has 47 heavy (non-hydrogen) atoms. The number of unbranched alkanes of at least 4 members (excludes halogenated alkanes) is 1. The molecule has 0 aliphatic carbocycles. The predicted octanol–water partition coefficient (Wildman–Crippen LogP) is 4.63. The largest absolute Gasteiger partial charge is 0.402 e. The van der Waals surface area contributed by atoms with Gasteiger partial charge in [0.15, 0.2) is 0 Å². The van der Waals surface area contributed by atoms with E-state index in [9.17, 15) is 14.4 Å². The SMILES string of the molecule is CN(Cc1cccc(CC(=O)Nc2nnc(CCCC/C(N)=C/C=C(\N)NC(=O)Cc3ccccc3)s2)c1)C(=O)Cc1ccccc1. The number of carbonyl (C=O) groups is 3. The van der Waals surface area contributed by atoms with Gasteiger partial charge in [-0.15, -0.1) is 10.2 Å². The first-order valence-electron chi connectivity index (χ1n) is 15.5. The van der Waals surface area contributed by atoms with Crippen molar-refractivity contribution in [3.05, 3.63) is 136 Å². The van der Waals surface area contributed by atoms with Crippen molar-refractivity contribution in [1.29, 1.82) is 0 Å². The summed E-state index contributed by atoms with van der Waals surface area (Å²) >= 11 is 1.36. The molecule has 244 valence electrons. The van der Waals surface area contributed by atoms with E-state index < -0.39 is 0 Å². The van der Waals surface area contributed by atoms with E-state index in [0.717, 1.165) is 40.1 Å². The molecule has 0 spiro atoms. The Kier molecular flexibility index (Phi) is 13.2. The van der Waals surface area contributed by atoms with Gasteiger partial charge in [0.1, 0.15) is 10.8 Å². The standard InChI is InChI=1S/C36H41N7O3S/c1-43(35(46)24-27-13-6-3-7-14-27)25-29-16-10-15-28(21-29)23-33(45)40-36-42-41-34(47-36)18-9-8-17-30(37)19-20-31(38)39-32(44)22-26-11-4-2-5-12-26/h2-7,10-16,19-21H,8-9,17-18,22-25,37-38H2,1H3,(H,39,44)(H,40,42,45)/b30-19-,31-20+. The molecular formula is C36H41N7O3S. The number of benzene rings is 3. The number of rotatable bonds is 16. The molecule has 0 unspecified atom stereocenters. The van der Waals surface area contributed by atoms with Gasteiger partial charge in [0.05, 0.1) is 19.3 Å². The first kappa shape index (κ1) is 34.6. The number of likely N-dealkylation sites (N-methyl/N-ethyl adjacent to an activating group) is 1. The second-order valence-electron chi connectivity index (χ2n) is 11.2. The van der Waals surface area contributed by atoms with Gasteiger partial charge in [-0.25, -0.2) is 0 Å². The smallest absolute Gasteiger partial charge is 0.230 e. The van der Waals surface area contributed by atoms with E-state index in [1.165, 1.54) is 11.3 Å². The van der Waals surface area contributed by atoms with Crippen LogP contribution < -0.4 is 22.1 Å². The molecule has 3 aromatic carbocycles. The molecule has 0 fully saturated rings. The minimum atomic E-state index is -0.189. The maximum atomic E-state index is 12.7. The number of hydrogen-bond acceptors (Lipinski definition) is 8. The summed E-state index contributed by atoms with van der Waals surface area (Å²) in [5.41, 5.74) is 16.4. The van der Waals surface area contributed by atoms with Crippen LogP contribution in [0, 0.1) is 0 Å². The highest BCUT2D eigenvalue weighted by Gasteiger charge is 2.13. The Morgan fingerprint density at radius 1 is 0.766 bits per heavy atom. The number of amides is 3. The van der Waals surface area contributed by atoms with Crippen molar-refractivity contribution in [3.8, 4) is 0 Å². The summed E-state index contributed by atoms with van der Waals surface area (Å²) in [5.74, 6) is -0.0968. The molecule has 0 bridgehead atoms. The van der Waals surface area contributed by atoms with Crippen LogP contribution in [0.4, 0.5) is 5.13 Å². The van der Waals surface area contributed by atoms with E-state index >= 15 is 0 Å². The van der Waals surface area contributed by atoms with Gasteiger partial charge in [0, 0.05) is 25.7 Å². The summed E-state index contributed by atoms with van der Waals surface area (Å²) in [6.45, 7) is 0.459. The Hall–Kier alpha value is -5.29. The number of carbonyl (C=O) groups excluding carboxylic acids is 3. The Bertz CT molecular complexity index is 1690. The number of allylic oxidation sites excluding steroid dienone is 3. The van der Waals surface area contributed by atoms with Crippen LogP contribution in [0.2, 0.25) is 0 Å². The maximum Gasteiger partial charge on any atom is 0.230 e. The lowest BCUT2D eigenvalue weighted by atomic mass is 10.1. The van der Waals surface area contributed by atoms with Gasteiger partial charge in [0.2, 0.25) is 22.9 Å². The van der Waals surface area contributed by atoms with Crippen molar-refractivity contribution < 1.29 is 14.4 Å². The Morgan fingerprint density at radius 2 is 1.40 bits per heavy atom. The Balaban J connectivity index is 1.14. The molecule has 0 radical (unpaired) electrons. The molecule has 4 aromatic rings. The maximum absolute atomic E-state index is 12.7. The second kappa shape index (κ2) is 18.0. The number of nitrogens with zero attached hydrogens (tertiary/aromatic N) is 3. The molecule has 0 saturated heterocycles. The summed E-state index contributed by atoms with van der Waals surface area (Å²) in [4.78, 5) is 39.2. The molecule has 11 heteroatoms. The molecule has 6 N–H and O–H groups in total. The van der Waals surface area contributed by atoms with Crippen LogP contribution in [-0.4, -0.2) is 39.9 Å². The molecule has 1 heterocycles. The summed E-state index contributed by atoms with van der Waals surface area (Å²) in [6, 6.07) is 26.8. The van der Waals surface area contributed by atoms with Crippen molar-refractivity contribution in [1.82, 2.24) is 20.4 Å². The Morgan fingerprint density at radius 3 is 2.13 bits per heavy atom. The number of hydrogen-bond donors (Lipinski definition) is 4. The zero-order chi connectivity index (χ0) is 33.4. The zero-order valence-electron chi connectivity index (χ0n) is 26.5. The molecule has 3 amide bonds. The number of nitrogens with two attached hydrogens (primary N) is 2. The van der Waals surface area contributed by atoms with E-state index in [1.807, 2.05) is 84.9 Å². The van der Waals surface area contributed by atoms with E-state index in [0.29, 0.717) is 36.6 Å². The first-order valence-corrected chi connectivity index (χ1v) is 16.3. The molecule has 0 saturated carbocycles. The predicted molar refractivity (Wildman–Crippen MR) is 186 cm³/mol. The normalized spacial score (nSPS) is 11.6. The highest BCUT2D eigenvalue weighted by Crippen LogP contribution is 2.19. The van der Waals surface area contributed by atoms with Gasteiger partial charge in [-0.2, -0.15) is 0 Å². The number of aryl methyl sites for hydroxylation is 1. The third-order valence-corrected chi connectivity index (χ3v) is 8.09. The van der Waals surface area contributed by atoms with E-state index in [-0.39, 0.29) is 36.4 Å². The summed E-state index contributed by atoms with van der Waals surface area (Å²) in [5, 5.41) is 15.1. The average molecular weight is 652 g/mol. The molecule has 4 rings (SSSR count). The quantitative estimate of drug-likeness (QED) is 0.102. The van der Waals surface area contributed by atoms with Crippen molar-refractivity contribution in [2.24, 2.45) is 11.5 Å². The van der Waals surface area contributed by atoms with Crippen LogP contribution in [-0.2, 0) is 46.6 Å². The third-order valence-electron chi connectivity index (χ3n) is 7.19. The van der Waals surface area contributed by atoms with Gasteiger partial charge in [-0.1, -0.05) is 96.3 Å². The van der Waals surface area contributed by atoms with Crippen LogP contribution in [0.25, 0.3) is 0 Å². The van der Waals surface area contributed by atoms with E-state index in [1.54, 1.807) is 24.1 Å². The van der Waals surface area contributed by atoms with Crippen LogP contribution in [0.5, 0.6) is 0 Å². The third kappa shape index (κ3) is 12.6. The van der Waals surface area contributed by atoms with Crippen LogP contribution in [0.15, 0.2) is 109 Å². The van der Waals surface area contributed by atoms with E-state index in [2.05, 4.69) is 20.8 Å². The van der Waals surface area contributed by atoms with Crippen molar-refractivity contribution in [2.45, 2.75) is 51.5 Å². The number of aromatic nitrogens is 2. The van der Waals surface area contributed by atoms with Gasteiger partial charge >= 0.3 is 0 Å². The average Bonchev–Trinajstić information content (AvgIpc) is 3.49. The van der Waals surface area contributed by atoms with Crippen molar-refractivity contribution in [3.63, 3.8) is 0 Å². The topological polar surface area (TPSA) is 156 Å². The minimum absolute atomic E-state index is 0.0331. The molecule has 0 aliphatic rings. The first-order chi connectivity index (χ1) is 22.7. The zero-order valence-corrected chi connectivity index (χ0v) is 27.3. The minimum Gasteiger partial charge on any atom is -0.402 e. The summed E-state index contributed by atoms with van der Waals surface area (Å²) < 4.78 is 0. The van der Waals surface area contributed by atoms with Gasteiger partial charge < -0.3 is 27.0 Å². The molecule has 0 aliphatic heterocycles. The van der Waals surface area contributed by atoms with Crippen LogP contribution >= 0.6 is 11.3 Å². The number of anilines is 1. The lowest BCUT2D eigenvalue weighted by Gasteiger charge is -2.18.